The fraction of sp³-hybridized carbons (Fsp3) is 0.0455. The van der Waals surface area contributed by atoms with Crippen molar-refractivity contribution in [1.29, 1.82) is 0 Å². The topological polar surface area (TPSA) is 52.2 Å². The monoisotopic (exact) mass is 404 g/mol. The third-order valence-corrected chi connectivity index (χ3v) is 5.14. The highest BCUT2D eigenvalue weighted by Gasteiger charge is 2.16. The van der Waals surface area contributed by atoms with Crippen LogP contribution < -0.4 is 5.56 Å². The second kappa shape index (κ2) is 6.53. The molecule has 2 aromatic carbocycles. The summed E-state index contributed by atoms with van der Waals surface area (Å²) in [5.74, 6) is -0.303. The van der Waals surface area contributed by atoms with Crippen LogP contribution in [0.5, 0.6) is 0 Å². The lowest BCUT2D eigenvalue weighted by Crippen LogP contribution is -2.18. The van der Waals surface area contributed by atoms with E-state index in [1.54, 1.807) is 47.2 Å². The number of rotatable bonds is 2. The normalized spacial score (nSPS) is 11.4. The van der Waals surface area contributed by atoms with Crippen molar-refractivity contribution in [2.75, 3.05) is 0 Å². The van der Waals surface area contributed by atoms with Gasteiger partial charge in [0.15, 0.2) is 5.65 Å². The highest BCUT2D eigenvalue weighted by Crippen LogP contribution is 2.28. The molecule has 0 bridgehead atoms. The van der Waals surface area contributed by atoms with Crippen LogP contribution in [0.4, 0.5) is 4.39 Å². The average Bonchev–Trinajstić information content (AvgIpc) is 3.05. The van der Waals surface area contributed by atoms with Crippen LogP contribution in [0.2, 0.25) is 5.02 Å². The van der Waals surface area contributed by atoms with Gasteiger partial charge in [-0.15, -0.1) is 0 Å². The highest BCUT2D eigenvalue weighted by atomic mass is 35.5. The Balaban J connectivity index is 1.76. The molecule has 142 valence electrons. The van der Waals surface area contributed by atoms with Crippen LogP contribution in [0.3, 0.4) is 0 Å². The summed E-state index contributed by atoms with van der Waals surface area (Å²) >= 11 is 6.07. The molecule has 0 aliphatic heterocycles. The zero-order chi connectivity index (χ0) is 20.1. The first-order chi connectivity index (χ1) is 14.0. The second-order valence-corrected chi connectivity index (χ2v) is 7.17. The Bertz CT molecular complexity index is 1450. The molecule has 0 amide bonds. The summed E-state index contributed by atoms with van der Waals surface area (Å²) in [5.41, 5.74) is 4.10. The Kier molecular flexibility index (Phi) is 3.96. The van der Waals surface area contributed by atoms with Gasteiger partial charge in [0.05, 0.1) is 22.3 Å². The van der Waals surface area contributed by atoms with Crippen molar-refractivity contribution >= 4 is 28.2 Å². The van der Waals surface area contributed by atoms with E-state index in [0.717, 1.165) is 16.8 Å². The van der Waals surface area contributed by atoms with Crippen LogP contribution in [0.15, 0.2) is 71.8 Å². The summed E-state index contributed by atoms with van der Waals surface area (Å²) in [6.45, 7) is 1.87. The largest absolute Gasteiger partial charge is 0.284 e. The molecule has 0 N–H and O–H groups in total. The minimum absolute atomic E-state index is 0.212. The zero-order valence-electron chi connectivity index (χ0n) is 15.3. The third kappa shape index (κ3) is 2.80. The summed E-state index contributed by atoms with van der Waals surface area (Å²) in [5, 5.41) is 5.58. The number of aromatic nitrogens is 4. The molecule has 5 nitrogen and oxygen atoms in total. The van der Waals surface area contributed by atoms with Gasteiger partial charge in [0, 0.05) is 23.0 Å². The van der Waals surface area contributed by atoms with E-state index in [1.165, 1.54) is 16.7 Å². The van der Waals surface area contributed by atoms with E-state index in [4.69, 9.17) is 11.6 Å². The van der Waals surface area contributed by atoms with Gasteiger partial charge in [-0.3, -0.25) is 9.36 Å². The van der Waals surface area contributed by atoms with Crippen molar-refractivity contribution in [1.82, 2.24) is 19.2 Å². The molecule has 3 heterocycles. The van der Waals surface area contributed by atoms with Gasteiger partial charge >= 0.3 is 0 Å². The van der Waals surface area contributed by atoms with E-state index in [9.17, 15) is 9.18 Å². The van der Waals surface area contributed by atoms with Crippen LogP contribution in [0.25, 0.3) is 33.4 Å². The van der Waals surface area contributed by atoms with Gasteiger partial charge in [-0.2, -0.15) is 5.10 Å². The maximum absolute atomic E-state index is 13.3. The molecule has 0 spiro atoms. The Morgan fingerprint density at radius 3 is 2.62 bits per heavy atom. The summed E-state index contributed by atoms with van der Waals surface area (Å²) in [6, 6.07) is 15.1. The summed E-state index contributed by atoms with van der Waals surface area (Å²) in [4.78, 5) is 17.6. The highest BCUT2D eigenvalue weighted by molar-refractivity contribution is 6.30. The van der Waals surface area contributed by atoms with E-state index in [2.05, 4.69) is 10.1 Å². The number of aryl methyl sites for hydroxylation is 1. The molecule has 0 radical (unpaired) electrons. The van der Waals surface area contributed by atoms with Gasteiger partial charge in [-0.25, -0.2) is 13.9 Å². The van der Waals surface area contributed by atoms with Crippen LogP contribution in [0, 0.1) is 12.7 Å². The van der Waals surface area contributed by atoms with Crippen molar-refractivity contribution in [3.8, 4) is 16.8 Å². The fourth-order valence-electron chi connectivity index (χ4n) is 3.56. The molecule has 7 heteroatoms. The summed E-state index contributed by atoms with van der Waals surface area (Å²) in [7, 11) is 0. The number of hydrogen-bond donors (Lipinski definition) is 0. The number of fused-ring (bicyclic) bond motifs is 3. The quantitative estimate of drug-likeness (QED) is 0.424. The fourth-order valence-corrected chi connectivity index (χ4v) is 3.74. The predicted octanol–water partition coefficient (Wildman–Crippen LogP) is 4.80. The van der Waals surface area contributed by atoms with Crippen molar-refractivity contribution in [2.24, 2.45) is 0 Å². The lowest BCUT2D eigenvalue weighted by Gasteiger charge is -2.08. The van der Waals surface area contributed by atoms with E-state index in [0.29, 0.717) is 27.3 Å². The van der Waals surface area contributed by atoms with Crippen molar-refractivity contribution in [3.05, 3.63) is 93.9 Å². The van der Waals surface area contributed by atoms with Crippen LogP contribution in [0.1, 0.15) is 5.69 Å². The van der Waals surface area contributed by atoms with E-state index in [-0.39, 0.29) is 11.4 Å². The summed E-state index contributed by atoms with van der Waals surface area (Å²) in [6.07, 6.45) is 3.26. The third-order valence-electron chi connectivity index (χ3n) is 4.91. The second-order valence-electron chi connectivity index (χ2n) is 6.73. The molecule has 5 aromatic rings. The van der Waals surface area contributed by atoms with E-state index < -0.39 is 0 Å². The minimum atomic E-state index is -0.303. The molecule has 0 unspecified atom stereocenters. The van der Waals surface area contributed by atoms with E-state index >= 15 is 0 Å². The van der Waals surface area contributed by atoms with Gasteiger partial charge in [0.1, 0.15) is 5.82 Å². The molecule has 0 saturated heterocycles. The maximum Gasteiger partial charge on any atom is 0.266 e. The van der Waals surface area contributed by atoms with Gasteiger partial charge in [-0.05, 0) is 48.9 Å². The Labute approximate surface area is 169 Å². The number of hydrogen-bond acceptors (Lipinski definition) is 3. The first-order valence-corrected chi connectivity index (χ1v) is 9.32. The molecular formula is C22H14ClFN4O. The Morgan fingerprint density at radius 2 is 1.86 bits per heavy atom. The van der Waals surface area contributed by atoms with E-state index in [1.807, 2.05) is 19.1 Å². The number of benzene rings is 2. The molecule has 0 aliphatic rings. The lowest BCUT2D eigenvalue weighted by atomic mass is 10.1. The Morgan fingerprint density at radius 1 is 1.07 bits per heavy atom. The van der Waals surface area contributed by atoms with Gasteiger partial charge in [-0.1, -0.05) is 29.8 Å². The van der Waals surface area contributed by atoms with Crippen LogP contribution in [-0.4, -0.2) is 19.2 Å². The van der Waals surface area contributed by atoms with Crippen LogP contribution in [-0.2, 0) is 0 Å². The standard InChI is InChI=1S/C22H14ClFN4O/c1-13-20(14-5-7-16(24)8-6-14)21-25-12-18-19(28(21)26-13)9-10-27(22(18)29)17-4-2-3-15(23)11-17/h2-12H,1H3. The molecule has 0 saturated carbocycles. The average molecular weight is 405 g/mol. The predicted molar refractivity (Wildman–Crippen MR) is 111 cm³/mol. The number of pyridine rings is 1. The number of nitrogens with zero attached hydrogens (tertiary/aromatic N) is 4. The zero-order valence-corrected chi connectivity index (χ0v) is 16.1. The SMILES string of the molecule is Cc1nn2c(ncc3c(=O)n(-c4cccc(Cl)c4)ccc32)c1-c1ccc(F)cc1. The first kappa shape index (κ1) is 17.6. The first-order valence-electron chi connectivity index (χ1n) is 8.94. The molecule has 0 atom stereocenters. The van der Waals surface area contributed by atoms with Crippen molar-refractivity contribution in [3.63, 3.8) is 0 Å². The number of halogens is 2. The molecule has 0 fully saturated rings. The minimum Gasteiger partial charge on any atom is -0.284 e. The molecule has 29 heavy (non-hydrogen) atoms. The van der Waals surface area contributed by atoms with Gasteiger partial charge < -0.3 is 0 Å². The molecular weight excluding hydrogens is 391 g/mol. The summed E-state index contributed by atoms with van der Waals surface area (Å²) < 4.78 is 16.5. The van der Waals surface area contributed by atoms with Gasteiger partial charge in [0.2, 0.25) is 0 Å². The molecule has 0 aliphatic carbocycles. The van der Waals surface area contributed by atoms with Gasteiger partial charge in [0.25, 0.3) is 5.56 Å². The molecule has 3 aromatic heterocycles. The van der Waals surface area contributed by atoms with Crippen LogP contribution >= 0.6 is 11.6 Å². The smallest absolute Gasteiger partial charge is 0.266 e. The maximum atomic E-state index is 13.3. The van der Waals surface area contributed by atoms with Crippen molar-refractivity contribution in [2.45, 2.75) is 6.92 Å². The lowest BCUT2D eigenvalue weighted by molar-refractivity contribution is 0.628. The van der Waals surface area contributed by atoms with Crippen molar-refractivity contribution < 1.29 is 4.39 Å². The molecule has 5 rings (SSSR count). The Hall–Kier alpha value is -3.51.